The molecule has 1 aromatic carbocycles. The minimum absolute atomic E-state index is 0.553. The lowest BCUT2D eigenvalue weighted by atomic mass is 10.2. The van der Waals surface area contributed by atoms with Crippen LogP contribution in [-0.2, 0) is 12.7 Å². The van der Waals surface area contributed by atoms with E-state index in [9.17, 15) is 13.2 Å². The van der Waals surface area contributed by atoms with Crippen LogP contribution in [0.5, 0.6) is 5.75 Å². The third-order valence-electron chi connectivity index (χ3n) is 4.34. The van der Waals surface area contributed by atoms with Gasteiger partial charge in [-0.1, -0.05) is 12.1 Å². The normalized spacial score (nSPS) is 16.1. The predicted octanol–water partition coefficient (Wildman–Crippen LogP) is 3.43. The number of para-hydroxylation sites is 2. The number of alkyl halides is 3. The number of piperazine rings is 1. The van der Waals surface area contributed by atoms with Gasteiger partial charge in [-0.05, 0) is 24.3 Å². The molecule has 0 atom stereocenters. The molecule has 0 unspecified atom stereocenters. The number of hydrogen-bond acceptors (Lipinski definition) is 4. The first-order chi connectivity index (χ1) is 12.0. The molecule has 25 heavy (non-hydrogen) atoms. The Balaban J connectivity index is 1.58. The molecule has 4 nitrogen and oxygen atoms in total. The molecule has 0 spiro atoms. The third-order valence-corrected chi connectivity index (χ3v) is 4.34. The highest BCUT2D eigenvalue weighted by Gasteiger charge is 2.30. The molecule has 0 aliphatic carbocycles. The highest BCUT2D eigenvalue weighted by atomic mass is 19.4. The maximum atomic E-state index is 12.6. The van der Waals surface area contributed by atoms with Crippen LogP contribution in [-0.4, -0.2) is 43.2 Å². The molecule has 2 aromatic rings. The average molecular weight is 351 g/mol. The summed E-state index contributed by atoms with van der Waals surface area (Å²) in [5.74, 6) is 0.848. The van der Waals surface area contributed by atoms with Gasteiger partial charge < -0.3 is 9.64 Å². The number of hydrogen-bond donors (Lipinski definition) is 0. The van der Waals surface area contributed by atoms with Gasteiger partial charge in [0.25, 0.3) is 0 Å². The minimum Gasteiger partial charge on any atom is -0.495 e. The molecule has 3 rings (SSSR count). The number of methoxy groups -OCH3 is 1. The highest BCUT2D eigenvalue weighted by Crippen LogP contribution is 2.29. The number of rotatable bonds is 4. The van der Waals surface area contributed by atoms with Gasteiger partial charge >= 0.3 is 6.18 Å². The zero-order valence-electron chi connectivity index (χ0n) is 14.0. The van der Waals surface area contributed by atoms with Crippen molar-refractivity contribution in [3.63, 3.8) is 0 Å². The molecule has 0 amide bonds. The van der Waals surface area contributed by atoms with Crippen molar-refractivity contribution in [1.82, 2.24) is 9.88 Å². The Kier molecular flexibility index (Phi) is 5.13. The van der Waals surface area contributed by atoms with E-state index in [1.165, 1.54) is 6.07 Å². The van der Waals surface area contributed by atoms with Gasteiger partial charge in [0, 0.05) is 38.9 Å². The van der Waals surface area contributed by atoms with E-state index in [2.05, 4.69) is 14.8 Å². The van der Waals surface area contributed by atoms with Gasteiger partial charge in [-0.3, -0.25) is 9.88 Å². The molecular weight excluding hydrogens is 331 g/mol. The van der Waals surface area contributed by atoms with Crippen LogP contribution < -0.4 is 9.64 Å². The van der Waals surface area contributed by atoms with Gasteiger partial charge in [0.2, 0.25) is 0 Å². The monoisotopic (exact) mass is 351 g/mol. The molecule has 1 aliphatic rings. The first kappa shape index (κ1) is 17.5. The topological polar surface area (TPSA) is 28.6 Å². The van der Waals surface area contributed by atoms with Crippen molar-refractivity contribution >= 4 is 5.69 Å². The van der Waals surface area contributed by atoms with E-state index < -0.39 is 11.7 Å². The Morgan fingerprint density at radius 3 is 2.36 bits per heavy atom. The Morgan fingerprint density at radius 2 is 1.76 bits per heavy atom. The van der Waals surface area contributed by atoms with E-state index in [1.54, 1.807) is 7.11 Å². The summed E-state index contributed by atoms with van der Waals surface area (Å²) in [4.78, 5) is 8.40. The minimum atomic E-state index is -4.34. The maximum Gasteiger partial charge on any atom is 0.417 e. The van der Waals surface area contributed by atoms with Gasteiger partial charge in [-0.25, -0.2) is 0 Å². The number of aromatic nitrogens is 1. The van der Waals surface area contributed by atoms with Crippen LogP contribution >= 0.6 is 0 Å². The summed E-state index contributed by atoms with van der Waals surface area (Å²) >= 11 is 0. The standard InChI is InChI=1S/C18H20F3N3O/c1-25-17-5-3-2-4-16(17)24-10-8-23(9-11-24)13-15-7-6-14(12-22-15)18(19,20)21/h2-7,12H,8-11,13H2,1H3. The maximum absolute atomic E-state index is 12.6. The van der Waals surface area contributed by atoms with Crippen LogP contribution in [0.3, 0.4) is 0 Å². The van der Waals surface area contributed by atoms with Crippen molar-refractivity contribution in [3.05, 3.63) is 53.9 Å². The zero-order chi connectivity index (χ0) is 17.9. The molecule has 0 bridgehead atoms. The summed E-state index contributed by atoms with van der Waals surface area (Å²) < 4.78 is 43.1. The van der Waals surface area contributed by atoms with E-state index in [1.807, 2.05) is 24.3 Å². The van der Waals surface area contributed by atoms with Crippen molar-refractivity contribution in [3.8, 4) is 5.75 Å². The van der Waals surface area contributed by atoms with Crippen LogP contribution in [0.4, 0.5) is 18.9 Å². The number of halogens is 3. The number of nitrogens with zero attached hydrogens (tertiary/aromatic N) is 3. The Morgan fingerprint density at radius 1 is 1.04 bits per heavy atom. The molecule has 134 valence electrons. The van der Waals surface area contributed by atoms with Gasteiger partial charge in [0.05, 0.1) is 24.1 Å². The fourth-order valence-corrected chi connectivity index (χ4v) is 2.95. The molecule has 7 heteroatoms. The molecule has 1 aliphatic heterocycles. The van der Waals surface area contributed by atoms with Crippen molar-refractivity contribution in [2.45, 2.75) is 12.7 Å². The molecule has 1 saturated heterocycles. The third kappa shape index (κ3) is 4.22. The van der Waals surface area contributed by atoms with E-state index in [0.29, 0.717) is 12.2 Å². The van der Waals surface area contributed by atoms with Crippen LogP contribution in [0, 0.1) is 0 Å². The Hall–Kier alpha value is -2.28. The van der Waals surface area contributed by atoms with E-state index in [4.69, 9.17) is 4.74 Å². The molecule has 0 N–H and O–H groups in total. The fourth-order valence-electron chi connectivity index (χ4n) is 2.95. The van der Waals surface area contributed by atoms with Crippen LogP contribution in [0.2, 0.25) is 0 Å². The van der Waals surface area contributed by atoms with Crippen molar-refractivity contribution in [1.29, 1.82) is 0 Å². The Labute approximate surface area is 144 Å². The highest BCUT2D eigenvalue weighted by molar-refractivity contribution is 5.58. The lowest BCUT2D eigenvalue weighted by Gasteiger charge is -2.36. The summed E-state index contributed by atoms with van der Waals surface area (Å²) in [5.41, 5.74) is 1.01. The van der Waals surface area contributed by atoms with E-state index in [0.717, 1.165) is 49.9 Å². The number of anilines is 1. The SMILES string of the molecule is COc1ccccc1N1CCN(Cc2ccc(C(F)(F)F)cn2)CC1. The van der Waals surface area contributed by atoms with Crippen molar-refractivity contribution < 1.29 is 17.9 Å². The molecule has 1 aromatic heterocycles. The van der Waals surface area contributed by atoms with Gasteiger partial charge in [-0.15, -0.1) is 0 Å². The molecule has 0 radical (unpaired) electrons. The largest absolute Gasteiger partial charge is 0.495 e. The van der Waals surface area contributed by atoms with Crippen LogP contribution in [0.15, 0.2) is 42.6 Å². The fraction of sp³-hybridized carbons (Fsp3) is 0.389. The molecule has 1 fully saturated rings. The Bertz CT molecular complexity index is 695. The second kappa shape index (κ2) is 7.31. The first-order valence-electron chi connectivity index (χ1n) is 8.10. The lowest BCUT2D eigenvalue weighted by Crippen LogP contribution is -2.46. The summed E-state index contributed by atoms with van der Waals surface area (Å²) in [5, 5.41) is 0. The molecular formula is C18H20F3N3O. The first-order valence-corrected chi connectivity index (χ1v) is 8.10. The average Bonchev–Trinajstić information content (AvgIpc) is 2.62. The van der Waals surface area contributed by atoms with Crippen molar-refractivity contribution in [2.75, 3.05) is 38.2 Å². The smallest absolute Gasteiger partial charge is 0.417 e. The molecule has 2 heterocycles. The summed E-state index contributed by atoms with van der Waals surface area (Å²) in [6.07, 6.45) is -3.44. The second-order valence-electron chi connectivity index (χ2n) is 5.97. The van der Waals surface area contributed by atoms with Crippen LogP contribution in [0.1, 0.15) is 11.3 Å². The quantitative estimate of drug-likeness (QED) is 0.844. The van der Waals surface area contributed by atoms with Crippen LogP contribution in [0.25, 0.3) is 0 Å². The van der Waals surface area contributed by atoms with E-state index >= 15 is 0 Å². The zero-order valence-corrected chi connectivity index (χ0v) is 14.0. The summed E-state index contributed by atoms with van der Waals surface area (Å²) in [6.45, 7) is 3.86. The van der Waals surface area contributed by atoms with Gasteiger partial charge in [-0.2, -0.15) is 13.2 Å². The summed E-state index contributed by atoms with van der Waals surface area (Å²) in [6, 6.07) is 10.4. The van der Waals surface area contributed by atoms with Crippen molar-refractivity contribution in [2.24, 2.45) is 0 Å². The van der Waals surface area contributed by atoms with Gasteiger partial charge in [0.1, 0.15) is 5.75 Å². The van der Waals surface area contributed by atoms with Gasteiger partial charge in [0.15, 0.2) is 0 Å². The van der Waals surface area contributed by atoms with E-state index in [-0.39, 0.29) is 0 Å². The number of ether oxygens (including phenoxy) is 1. The lowest BCUT2D eigenvalue weighted by molar-refractivity contribution is -0.137. The predicted molar refractivity (Wildman–Crippen MR) is 89.7 cm³/mol. The molecule has 0 saturated carbocycles. The summed E-state index contributed by atoms with van der Waals surface area (Å²) in [7, 11) is 1.66. The second-order valence-corrected chi connectivity index (χ2v) is 5.97. The number of benzene rings is 1. The number of pyridine rings is 1.